The van der Waals surface area contributed by atoms with Crippen molar-refractivity contribution in [1.29, 1.82) is 0 Å². The van der Waals surface area contributed by atoms with E-state index in [2.05, 4.69) is 10.6 Å². The Balaban J connectivity index is 1.77. The Kier molecular flexibility index (Phi) is 6.31. The fraction of sp³-hybridized carbons (Fsp3) is 0.154. The van der Waals surface area contributed by atoms with Gasteiger partial charge in [0.15, 0.2) is 0 Å². The third kappa shape index (κ3) is 4.70. The number of esters is 1. The van der Waals surface area contributed by atoms with E-state index in [9.17, 15) is 14.0 Å². The van der Waals surface area contributed by atoms with Crippen molar-refractivity contribution in [3.63, 3.8) is 0 Å². The summed E-state index contributed by atoms with van der Waals surface area (Å²) in [5.74, 6) is -0.963. The quantitative estimate of drug-likeness (QED) is 0.397. The van der Waals surface area contributed by atoms with Crippen LogP contribution in [0.1, 0.15) is 30.0 Å². The first-order valence-corrected chi connectivity index (χ1v) is 10.5. The second kappa shape index (κ2) is 9.47. The van der Waals surface area contributed by atoms with Crippen molar-refractivity contribution in [2.24, 2.45) is 0 Å². The highest BCUT2D eigenvalue weighted by Gasteiger charge is 2.29. The largest absolute Gasteiger partial charge is 0.466 e. The van der Waals surface area contributed by atoms with Crippen molar-refractivity contribution < 1.29 is 18.7 Å². The number of rotatable bonds is 7. The summed E-state index contributed by atoms with van der Waals surface area (Å²) in [6.07, 6.45) is 0.798. The summed E-state index contributed by atoms with van der Waals surface area (Å²) in [4.78, 5) is 24.7. The number of nitrogens with one attached hydrogen (secondary N) is 2. The molecule has 0 atom stereocenters. The summed E-state index contributed by atoms with van der Waals surface area (Å²) >= 11 is 0. The Morgan fingerprint density at radius 3 is 2.62 bits per heavy atom. The molecule has 0 fully saturated rings. The maximum atomic E-state index is 13.7. The molecule has 3 aromatic rings. The molecule has 3 aromatic carbocycles. The molecule has 6 heteroatoms. The Hall–Kier alpha value is -3.93. The maximum absolute atomic E-state index is 13.7. The van der Waals surface area contributed by atoms with Crippen LogP contribution in [0.3, 0.4) is 0 Å². The highest BCUT2D eigenvalue weighted by molar-refractivity contribution is 6.37. The van der Waals surface area contributed by atoms with Crippen molar-refractivity contribution in [2.45, 2.75) is 19.8 Å². The third-order valence-corrected chi connectivity index (χ3v) is 5.16. The van der Waals surface area contributed by atoms with E-state index in [1.165, 1.54) is 12.1 Å². The molecule has 0 unspecified atom stereocenters. The molecule has 0 saturated heterocycles. The van der Waals surface area contributed by atoms with Gasteiger partial charge in [0.1, 0.15) is 5.82 Å². The topological polar surface area (TPSA) is 67.4 Å². The molecule has 1 heterocycles. The fourth-order valence-electron chi connectivity index (χ4n) is 3.70. The first-order chi connectivity index (χ1) is 15.5. The van der Waals surface area contributed by atoms with Crippen LogP contribution in [-0.2, 0) is 20.7 Å². The van der Waals surface area contributed by atoms with E-state index < -0.39 is 5.82 Å². The Labute approximate surface area is 185 Å². The van der Waals surface area contributed by atoms with Gasteiger partial charge in [-0.15, -0.1) is 0 Å². The number of hydrogen-bond donors (Lipinski definition) is 2. The van der Waals surface area contributed by atoms with Gasteiger partial charge in [0.05, 0.1) is 23.6 Å². The second-order valence-corrected chi connectivity index (χ2v) is 7.39. The van der Waals surface area contributed by atoms with E-state index >= 15 is 0 Å². The van der Waals surface area contributed by atoms with Crippen LogP contribution in [-0.4, -0.2) is 18.5 Å². The van der Waals surface area contributed by atoms with Gasteiger partial charge in [-0.1, -0.05) is 36.4 Å². The minimum atomic E-state index is -0.413. The van der Waals surface area contributed by atoms with E-state index in [0.29, 0.717) is 35.5 Å². The Morgan fingerprint density at radius 2 is 1.84 bits per heavy atom. The molecule has 162 valence electrons. The Morgan fingerprint density at radius 1 is 1.03 bits per heavy atom. The molecule has 32 heavy (non-hydrogen) atoms. The van der Waals surface area contributed by atoms with Crippen LogP contribution in [0.4, 0.5) is 15.8 Å². The van der Waals surface area contributed by atoms with Crippen molar-refractivity contribution in [3.05, 3.63) is 95.3 Å². The minimum Gasteiger partial charge on any atom is -0.466 e. The van der Waals surface area contributed by atoms with E-state index in [1.54, 1.807) is 13.0 Å². The molecule has 0 saturated carbocycles. The lowest BCUT2D eigenvalue weighted by Gasteiger charge is -2.16. The number of aryl methyl sites for hydroxylation is 1. The first kappa shape index (κ1) is 21.3. The Bertz CT molecular complexity index is 1190. The van der Waals surface area contributed by atoms with Crippen LogP contribution in [0.25, 0.3) is 11.3 Å². The van der Waals surface area contributed by atoms with Crippen LogP contribution in [0.5, 0.6) is 0 Å². The number of ether oxygens (including phenoxy) is 1. The van der Waals surface area contributed by atoms with Crippen LogP contribution in [0.2, 0.25) is 0 Å². The van der Waals surface area contributed by atoms with Crippen molar-refractivity contribution in [2.75, 3.05) is 17.2 Å². The van der Waals surface area contributed by atoms with Crippen LogP contribution in [0.15, 0.2) is 72.8 Å². The van der Waals surface area contributed by atoms with Gasteiger partial charge >= 0.3 is 5.97 Å². The number of benzene rings is 3. The van der Waals surface area contributed by atoms with Gasteiger partial charge in [-0.3, -0.25) is 9.59 Å². The van der Waals surface area contributed by atoms with Crippen LogP contribution < -0.4 is 10.6 Å². The first-order valence-electron chi connectivity index (χ1n) is 10.5. The van der Waals surface area contributed by atoms with Crippen molar-refractivity contribution in [3.8, 4) is 0 Å². The van der Waals surface area contributed by atoms with Crippen molar-refractivity contribution >= 4 is 34.5 Å². The predicted molar refractivity (Wildman–Crippen MR) is 123 cm³/mol. The number of carbonyl (C=O) groups is 2. The standard InChI is InChI=1S/C26H23FN2O3/c1-2-32-23(30)14-11-17-7-6-8-18(15-17)25(28-20-9-4-3-5-10-20)24-21-13-12-19(27)16-22(21)29-26(24)31/h3-10,12-13,15-16,28H,2,11,14H2,1H3,(H,29,31)/b25-24-. The summed E-state index contributed by atoms with van der Waals surface area (Å²) in [5, 5.41) is 6.12. The molecule has 1 aliphatic heterocycles. The molecule has 0 radical (unpaired) electrons. The molecule has 0 spiro atoms. The summed E-state index contributed by atoms with van der Waals surface area (Å²) < 4.78 is 18.7. The third-order valence-electron chi connectivity index (χ3n) is 5.16. The average molecular weight is 430 g/mol. The predicted octanol–water partition coefficient (Wildman–Crippen LogP) is 5.25. The van der Waals surface area contributed by atoms with E-state index in [4.69, 9.17) is 4.74 Å². The van der Waals surface area contributed by atoms with Crippen LogP contribution in [0, 0.1) is 5.82 Å². The summed E-state index contributed by atoms with van der Waals surface area (Å²) in [6.45, 7) is 2.13. The smallest absolute Gasteiger partial charge is 0.306 e. The maximum Gasteiger partial charge on any atom is 0.306 e. The van der Waals surface area contributed by atoms with Gasteiger partial charge in [0.2, 0.25) is 0 Å². The molecule has 5 nitrogen and oxygen atoms in total. The zero-order valence-corrected chi connectivity index (χ0v) is 17.7. The lowest BCUT2D eigenvalue weighted by molar-refractivity contribution is -0.143. The number of anilines is 2. The number of para-hydroxylation sites is 1. The van der Waals surface area contributed by atoms with Gasteiger partial charge < -0.3 is 15.4 Å². The zero-order valence-electron chi connectivity index (χ0n) is 17.7. The van der Waals surface area contributed by atoms with Gasteiger partial charge in [0.25, 0.3) is 5.91 Å². The van der Waals surface area contributed by atoms with E-state index in [0.717, 1.165) is 16.8 Å². The second-order valence-electron chi connectivity index (χ2n) is 7.39. The number of amides is 1. The monoisotopic (exact) mass is 430 g/mol. The zero-order chi connectivity index (χ0) is 22.5. The van der Waals surface area contributed by atoms with Gasteiger partial charge in [0, 0.05) is 17.7 Å². The number of hydrogen-bond acceptors (Lipinski definition) is 4. The highest BCUT2D eigenvalue weighted by atomic mass is 19.1. The van der Waals surface area contributed by atoms with Gasteiger partial charge in [-0.25, -0.2) is 4.39 Å². The number of carbonyl (C=O) groups excluding carboxylic acids is 2. The van der Waals surface area contributed by atoms with E-state index in [-0.39, 0.29) is 18.3 Å². The molecule has 1 amide bonds. The lowest BCUT2D eigenvalue weighted by atomic mass is 9.97. The minimum absolute atomic E-state index is 0.245. The average Bonchev–Trinajstić information content (AvgIpc) is 3.11. The van der Waals surface area contributed by atoms with Crippen LogP contribution >= 0.6 is 0 Å². The van der Waals surface area contributed by atoms with Gasteiger partial charge in [-0.2, -0.15) is 0 Å². The SMILES string of the molecule is CCOC(=O)CCc1cccc(/C(Nc2ccccc2)=C2/C(=O)Nc3cc(F)ccc32)c1. The number of halogens is 1. The molecule has 1 aliphatic rings. The molecule has 0 bridgehead atoms. The van der Waals surface area contributed by atoms with Gasteiger partial charge in [-0.05, 0) is 60.9 Å². The summed E-state index contributed by atoms with van der Waals surface area (Å²) in [7, 11) is 0. The molecule has 2 N–H and O–H groups in total. The van der Waals surface area contributed by atoms with E-state index in [1.807, 2.05) is 54.6 Å². The molecular weight excluding hydrogens is 407 g/mol. The molecule has 0 aromatic heterocycles. The van der Waals surface area contributed by atoms with Crippen molar-refractivity contribution in [1.82, 2.24) is 0 Å². The molecule has 0 aliphatic carbocycles. The molecular formula is C26H23FN2O3. The highest BCUT2D eigenvalue weighted by Crippen LogP contribution is 2.38. The summed E-state index contributed by atoms with van der Waals surface area (Å²) in [6, 6.07) is 21.5. The lowest BCUT2D eigenvalue weighted by Crippen LogP contribution is -2.10. The fourth-order valence-corrected chi connectivity index (χ4v) is 3.70. The normalized spacial score (nSPS) is 13.9. The molecule has 4 rings (SSSR count). The summed E-state index contributed by atoms with van der Waals surface area (Å²) in [5.41, 5.74) is 4.67. The number of fused-ring (bicyclic) bond motifs is 1.